The molecule has 4 heteroatoms. The quantitative estimate of drug-likeness (QED) is 0.767. The number of rotatable bonds is 6. The van der Waals surface area contributed by atoms with Crippen LogP contribution in [0.5, 0.6) is 0 Å². The van der Waals surface area contributed by atoms with Gasteiger partial charge in [0.2, 0.25) is 0 Å². The minimum atomic E-state index is -0.236. The van der Waals surface area contributed by atoms with Gasteiger partial charge in [-0.3, -0.25) is 0 Å². The number of aliphatic hydroxyl groups excluding tert-OH is 1. The Hall–Kier alpha value is -2.33. The molecule has 122 valence electrons. The highest BCUT2D eigenvalue weighted by Crippen LogP contribution is 2.22. The molecule has 0 aliphatic rings. The molecule has 1 unspecified atom stereocenters. The minimum absolute atomic E-state index is 0.0571. The molecule has 3 N–H and O–H groups in total. The van der Waals surface area contributed by atoms with Gasteiger partial charge in [-0.05, 0) is 31.4 Å². The molecule has 2 rings (SSSR count). The molecule has 2 amide bonds. The molecule has 2 atom stereocenters. The topological polar surface area (TPSA) is 61.4 Å². The van der Waals surface area contributed by atoms with Crippen molar-refractivity contribution in [3.05, 3.63) is 71.3 Å². The summed E-state index contributed by atoms with van der Waals surface area (Å²) in [6.45, 7) is 3.97. The second-order valence-electron chi connectivity index (χ2n) is 5.79. The number of carbonyl (C=O) groups is 1. The van der Waals surface area contributed by atoms with Gasteiger partial charge in [-0.15, -0.1) is 0 Å². The zero-order valence-electron chi connectivity index (χ0n) is 13.6. The van der Waals surface area contributed by atoms with Crippen LogP contribution in [-0.2, 0) is 0 Å². The lowest BCUT2D eigenvalue weighted by Gasteiger charge is -2.22. The van der Waals surface area contributed by atoms with Crippen LogP contribution in [0.3, 0.4) is 0 Å². The molecule has 0 saturated carbocycles. The predicted octanol–water partition coefficient (Wildman–Crippen LogP) is 3.15. The Labute approximate surface area is 137 Å². The Morgan fingerprint density at radius 1 is 1.00 bits per heavy atom. The van der Waals surface area contributed by atoms with Crippen molar-refractivity contribution in [1.29, 1.82) is 0 Å². The Bertz CT molecular complexity index is 611. The maximum atomic E-state index is 12.2. The SMILES string of the molecule is Cc1ccc(C(NC(=O)N[C@H](C)CCO)c2ccccc2)cc1. The number of urea groups is 1. The Morgan fingerprint density at radius 2 is 1.61 bits per heavy atom. The third-order valence-corrected chi connectivity index (χ3v) is 3.76. The Kier molecular flexibility index (Phi) is 6.18. The highest BCUT2D eigenvalue weighted by molar-refractivity contribution is 5.75. The first-order chi connectivity index (χ1) is 11.1. The third-order valence-electron chi connectivity index (χ3n) is 3.76. The zero-order valence-corrected chi connectivity index (χ0v) is 13.6. The summed E-state index contributed by atoms with van der Waals surface area (Å²) in [7, 11) is 0. The van der Waals surface area contributed by atoms with Crippen LogP contribution in [0.15, 0.2) is 54.6 Å². The number of benzene rings is 2. The average molecular weight is 312 g/mol. The van der Waals surface area contributed by atoms with Gasteiger partial charge >= 0.3 is 6.03 Å². The van der Waals surface area contributed by atoms with Gasteiger partial charge in [-0.25, -0.2) is 4.79 Å². The van der Waals surface area contributed by atoms with Crippen LogP contribution in [-0.4, -0.2) is 23.8 Å². The molecule has 2 aromatic carbocycles. The van der Waals surface area contributed by atoms with Crippen molar-refractivity contribution < 1.29 is 9.90 Å². The molecule has 23 heavy (non-hydrogen) atoms. The van der Waals surface area contributed by atoms with Crippen molar-refractivity contribution >= 4 is 6.03 Å². The van der Waals surface area contributed by atoms with Gasteiger partial charge in [0, 0.05) is 12.6 Å². The van der Waals surface area contributed by atoms with E-state index in [4.69, 9.17) is 5.11 Å². The molecule has 0 heterocycles. The predicted molar refractivity (Wildman–Crippen MR) is 92.3 cm³/mol. The minimum Gasteiger partial charge on any atom is -0.396 e. The number of nitrogens with one attached hydrogen (secondary N) is 2. The first-order valence-electron chi connectivity index (χ1n) is 7.89. The summed E-state index contributed by atoms with van der Waals surface area (Å²) in [6, 6.07) is 17.5. The van der Waals surface area contributed by atoms with E-state index in [1.165, 1.54) is 5.56 Å². The number of amides is 2. The molecule has 2 aromatic rings. The van der Waals surface area contributed by atoms with Crippen LogP contribution in [0.2, 0.25) is 0 Å². The van der Waals surface area contributed by atoms with Gasteiger partial charge < -0.3 is 15.7 Å². The smallest absolute Gasteiger partial charge is 0.315 e. The summed E-state index contributed by atoms with van der Waals surface area (Å²) >= 11 is 0. The van der Waals surface area contributed by atoms with Gasteiger partial charge in [-0.2, -0.15) is 0 Å². The molecule has 0 aromatic heterocycles. The number of carbonyl (C=O) groups excluding carboxylic acids is 1. The first-order valence-corrected chi connectivity index (χ1v) is 7.89. The highest BCUT2D eigenvalue weighted by Gasteiger charge is 2.17. The molecule has 0 aliphatic carbocycles. The molecule has 0 aliphatic heterocycles. The lowest BCUT2D eigenvalue weighted by molar-refractivity contribution is 0.229. The summed E-state index contributed by atoms with van der Waals surface area (Å²) in [6.07, 6.45) is 0.536. The van der Waals surface area contributed by atoms with E-state index in [1.807, 2.05) is 68.4 Å². The molecule has 0 spiro atoms. The normalized spacial score (nSPS) is 13.2. The van der Waals surface area contributed by atoms with Gasteiger partial charge in [0.15, 0.2) is 0 Å². The van der Waals surface area contributed by atoms with E-state index in [9.17, 15) is 4.79 Å². The van der Waals surface area contributed by atoms with E-state index in [0.29, 0.717) is 6.42 Å². The largest absolute Gasteiger partial charge is 0.396 e. The summed E-state index contributed by atoms with van der Waals surface area (Å²) < 4.78 is 0. The van der Waals surface area contributed by atoms with Gasteiger partial charge in [0.25, 0.3) is 0 Å². The van der Waals surface area contributed by atoms with Crippen LogP contribution >= 0.6 is 0 Å². The maximum absolute atomic E-state index is 12.2. The van der Waals surface area contributed by atoms with E-state index in [0.717, 1.165) is 11.1 Å². The van der Waals surface area contributed by atoms with Crippen molar-refractivity contribution in [2.45, 2.75) is 32.4 Å². The molecule has 0 fully saturated rings. The number of aliphatic hydroxyl groups is 1. The third kappa shape index (κ3) is 5.11. The standard InChI is InChI=1S/C19H24N2O2/c1-14-8-10-17(11-9-14)18(16-6-4-3-5-7-16)21-19(23)20-15(2)12-13-22/h3-11,15,18,22H,12-13H2,1-2H3,(H2,20,21,23)/t15-,18?/m1/s1. The molecular weight excluding hydrogens is 288 g/mol. The number of hydrogen-bond donors (Lipinski definition) is 3. The van der Waals surface area contributed by atoms with Crippen LogP contribution in [0.1, 0.15) is 36.1 Å². The summed E-state index contributed by atoms with van der Waals surface area (Å²) in [5, 5.41) is 14.8. The van der Waals surface area contributed by atoms with Crippen LogP contribution < -0.4 is 10.6 Å². The lowest BCUT2D eigenvalue weighted by atomic mass is 9.98. The van der Waals surface area contributed by atoms with Crippen molar-refractivity contribution in [2.75, 3.05) is 6.61 Å². The molecular formula is C19H24N2O2. The zero-order chi connectivity index (χ0) is 16.7. The number of hydrogen-bond acceptors (Lipinski definition) is 2. The first kappa shape index (κ1) is 17.0. The van der Waals surface area contributed by atoms with Gasteiger partial charge in [0.05, 0.1) is 6.04 Å². The van der Waals surface area contributed by atoms with Crippen LogP contribution in [0.4, 0.5) is 4.79 Å². The van der Waals surface area contributed by atoms with Gasteiger partial charge in [-0.1, -0.05) is 60.2 Å². The van der Waals surface area contributed by atoms with E-state index in [-0.39, 0.29) is 24.7 Å². The Morgan fingerprint density at radius 3 is 2.22 bits per heavy atom. The second kappa shape index (κ2) is 8.34. The molecule has 0 saturated heterocycles. The van der Waals surface area contributed by atoms with Crippen molar-refractivity contribution in [3.63, 3.8) is 0 Å². The molecule has 4 nitrogen and oxygen atoms in total. The van der Waals surface area contributed by atoms with Crippen molar-refractivity contribution in [1.82, 2.24) is 10.6 Å². The monoisotopic (exact) mass is 312 g/mol. The molecule has 0 radical (unpaired) electrons. The fourth-order valence-corrected chi connectivity index (χ4v) is 2.43. The summed E-state index contributed by atoms with van der Waals surface area (Å²) in [5.41, 5.74) is 3.25. The highest BCUT2D eigenvalue weighted by atomic mass is 16.3. The fraction of sp³-hybridized carbons (Fsp3) is 0.316. The number of aryl methyl sites for hydroxylation is 1. The Balaban J connectivity index is 2.17. The van der Waals surface area contributed by atoms with E-state index in [1.54, 1.807) is 0 Å². The average Bonchev–Trinajstić information content (AvgIpc) is 2.54. The van der Waals surface area contributed by atoms with Crippen molar-refractivity contribution in [2.24, 2.45) is 0 Å². The molecule has 0 bridgehead atoms. The van der Waals surface area contributed by atoms with Crippen LogP contribution in [0, 0.1) is 6.92 Å². The van der Waals surface area contributed by atoms with E-state index in [2.05, 4.69) is 10.6 Å². The van der Waals surface area contributed by atoms with E-state index >= 15 is 0 Å². The van der Waals surface area contributed by atoms with E-state index < -0.39 is 0 Å². The van der Waals surface area contributed by atoms with Crippen molar-refractivity contribution in [3.8, 4) is 0 Å². The summed E-state index contributed by atoms with van der Waals surface area (Å²) in [4.78, 5) is 12.2. The van der Waals surface area contributed by atoms with Gasteiger partial charge in [0.1, 0.15) is 0 Å². The summed E-state index contributed by atoms with van der Waals surface area (Å²) in [5.74, 6) is 0. The maximum Gasteiger partial charge on any atom is 0.315 e. The van der Waals surface area contributed by atoms with Crippen LogP contribution in [0.25, 0.3) is 0 Å². The fourth-order valence-electron chi connectivity index (χ4n) is 2.43. The lowest BCUT2D eigenvalue weighted by Crippen LogP contribution is -2.42. The second-order valence-corrected chi connectivity index (χ2v) is 5.79.